The molecule has 0 saturated carbocycles. The minimum absolute atomic E-state index is 0.0921. The van der Waals surface area contributed by atoms with Crippen molar-refractivity contribution < 1.29 is 9.53 Å². The van der Waals surface area contributed by atoms with Gasteiger partial charge in [-0.2, -0.15) is 0 Å². The van der Waals surface area contributed by atoms with Gasteiger partial charge in [0.2, 0.25) is 0 Å². The topological polar surface area (TPSA) is 26.3 Å². The van der Waals surface area contributed by atoms with E-state index >= 15 is 0 Å². The lowest BCUT2D eigenvalue weighted by Gasteiger charge is -2.04. The Morgan fingerprint density at radius 2 is 2.18 bits per heavy atom. The molecule has 0 radical (unpaired) electrons. The first-order valence-electron chi connectivity index (χ1n) is 3.94. The zero-order chi connectivity index (χ0) is 8.69. The fourth-order valence-corrected chi connectivity index (χ4v) is 1.05. The molecule has 66 valence electrons. The van der Waals surface area contributed by atoms with Gasteiger partial charge in [0.1, 0.15) is 0 Å². The number of esters is 1. The summed E-state index contributed by atoms with van der Waals surface area (Å²) in [5.41, 5.74) is 0. The van der Waals surface area contributed by atoms with E-state index in [1.54, 1.807) is 11.8 Å². The summed E-state index contributed by atoms with van der Waals surface area (Å²) in [4.78, 5) is 10.9. The molecule has 0 rings (SSSR count). The SMILES string of the molecule is CCCOC(=O)CSC(C)C. The molecule has 0 unspecified atom stereocenters. The van der Waals surface area contributed by atoms with E-state index < -0.39 is 0 Å². The average molecular weight is 176 g/mol. The van der Waals surface area contributed by atoms with Crippen LogP contribution in [0, 0.1) is 0 Å². The molecule has 2 nitrogen and oxygen atoms in total. The van der Waals surface area contributed by atoms with Crippen molar-refractivity contribution >= 4 is 17.7 Å². The van der Waals surface area contributed by atoms with Gasteiger partial charge in [0, 0.05) is 0 Å². The van der Waals surface area contributed by atoms with Crippen molar-refractivity contribution in [3.05, 3.63) is 0 Å². The molecule has 0 aliphatic carbocycles. The third-order valence-corrected chi connectivity index (χ3v) is 2.07. The van der Waals surface area contributed by atoms with Gasteiger partial charge in [-0.3, -0.25) is 4.79 Å². The summed E-state index contributed by atoms with van der Waals surface area (Å²) in [6.45, 7) is 6.68. The van der Waals surface area contributed by atoms with Crippen molar-refractivity contribution in [3.63, 3.8) is 0 Å². The normalized spacial score (nSPS) is 10.2. The minimum atomic E-state index is -0.0921. The molecule has 0 aliphatic heterocycles. The Labute approximate surface area is 72.7 Å². The van der Waals surface area contributed by atoms with Gasteiger partial charge < -0.3 is 4.74 Å². The number of carbonyl (C=O) groups is 1. The van der Waals surface area contributed by atoms with Gasteiger partial charge in [-0.15, -0.1) is 11.8 Å². The number of rotatable bonds is 5. The molecule has 0 N–H and O–H groups in total. The van der Waals surface area contributed by atoms with Crippen LogP contribution in [0.4, 0.5) is 0 Å². The Bertz CT molecular complexity index is 113. The van der Waals surface area contributed by atoms with Gasteiger partial charge in [0.15, 0.2) is 0 Å². The van der Waals surface area contributed by atoms with Crippen LogP contribution in [0.25, 0.3) is 0 Å². The van der Waals surface area contributed by atoms with Crippen LogP contribution in [0.3, 0.4) is 0 Å². The predicted molar refractivity (Wildman–Crippen MR) is 48.8 cm³/mol. The number of ether oxygens (including phenoxy) is 1. The van der Waals surface area contributed by atoms with Gasteiger partial charge >= 0.3 is 5.97 Å². The summed E-state index contributed by atoms with van der Waals surface area (Å²) in [5.74, 6) is 0.392. The highest BCUT2D eigenvalue weighted by Crippen LogP contribution is 2.08. The predicted octanol–water partition coefficient (Wildman–Crippen LogP) is 2.08. The Morgan fingerprint density at radius 3 is 2.64 bits per heavy atom. The van der Waals surface area contributed by atoms with E-state index in [0.717, 1.165) is 6.42 Å². The van der Waals surface area contributed by atoms with E-state index in [2.05, 4.69) is 13.8 Å². The number of thioether (sulfide) groups is 1. The van der Waals surface area contributed by atoms with E-state index in [9.17, 15) is 4.79 Å². The molecule has 3 heteroatoms. The first kappa shape index (κ1) is 10.8. The first-order valence-corrected chi connectivity index (χ1v) is 4.99. The standard InChI is InChI=1S/C8H16O2S/c1-4-5-10-8(9)6-11-7(2)3/h7H,4-6H2,1-3H3. The van der Waals surface area contributed by atoms with Gasteiger partial charge in [-0.25, -0.2) is 0 Å². The average Bonchev–Trinajstić information content (AvgIpc) is 1.97. The Morgan fingerprint density at radius 1 is 1.55 bits per heavy atom. The molecule has 0 aromatic heterocycles. The van der Waals surface area contributed by atoms with Gasteiger partial charge in [-0.1, -0.05) is 20.8 Å². The molecule has 0 saturated heterocycles. The van der Waals surface area contributed by atoms with E-state index in [0.29, 0.717) is 17.6 Å². The number of hydrogen-bond donors (Lipinski definition) is 0. The smallest absolute Gasteiger partial charge is 0.315 e. The van der Waals surface area contributed by atoms with Crippen molar-refractivity contribution in [2.45, 2.75) is 32.4 Å². The highest BCUT2D eigenvalue weighted by molar-refractivity contribution is 8.00. The molecule has 0 fully saturated rings. The van der Waals surface area contributed by atoms with Crippen LogP contribution in [0.2, 0.25) is 0 Å². The monoisotopic (exact) mass is 176 g/mol. The summed E-state index contributed by atoms with van der Waals surface area (Å²) in [7, 11) is 0. The van der Waals surface area contributed by atoms with Gasteiger partial charge in [0.25, 0.3) is 0 Å². The molecule has 0 atom stereocenters. The lowest BCUT2D eigenvalue weighted by atomic mass is 10.5. The third-order valence-electron chi connectivity index (χ3n) is 1.00. The minimum Gasteiger partial charge on any atom is -0.465 e. The Hall–Kier alpha value is -0.180. The molecule has 11 heavy (non-hydrogen) atoms. The van der Waals surface area contributed by atoms with Crippen molar-refractivity contribution in [2.24, 2.45) is 0 Å². The maximum absolute atomic E-state index is 10.9. The molecule has 0 aromatic carbocycles. The van der Waals surface area contributed by atoms with Crippen LogP contribution in [0.15, 0.2) is 0 Å². The third kappa shape index (κ3) is 7.72. The molecular weight excluding hydrogens is 160 g/mol. The summed E-state index contributed by atoms with van der Waals surface area (Å²) >= 11 is 1.62. The van der Waals surface area contributed by atoms with E-state index in [-0.39, 0.29) is 5.97 Å². The maximum Gasteiger partial charge on any atom is 0.315 e. The summed E-state index contributed by atoms with van der Waals surface area (Å²) < 4.78 is 4.88. The fraction of sp³-hybridized carbons (Fsp3) is 0.875. The largest absolute Gasteiger partial charge is 0.465 e. The zero-order valence-electron chi connectivity index (χ0n) is 7.42. The highest BCUT2D eigenvalue weighted by Gasteiger charge is 2.03. The van der Waals surface area contributed by atoms with Crippen molar-refractivity contribution in [1.29, 1.82) is 0 Å². The van der Waals surface area contributed by atoms with Crippen LogP contribution in [0.5, 0.6) is 0 Å². The van der Waals surface area contributed by atoms with Crippen LogP contribution in [-0.2, 0) is 9.53 Å². The number of hydrogen-bond acceptors (Lipinski definition) is 3. The summed E-state index contributed by atoms with van der Waals surface area (Å²) in [5, 5.41) is 0.504. The van der Waals surface area contributed by atoms with Crippen LogP contribution >= 0.6 is 11.8 Å². The molecule has 0 heterocycles. The quantitative estimate of drug-likeness (QED) is 0.600. The molecule has 0 spiro atoms. The second-order valence-corrected chi connectivity index (χ2v) is 4.15. The molecule has 0 bridgehead atoms. The second-order valence-electron chi connectivity index (χ2n) is 2.58. The maximum atomic E-state index is 10.9. The summed E-state index contributed by atoms with van der Waals surface area (Å²) in [6.07, 6.45) is 0.901. The Kier molecular flexibility index (Phi) is 6.42. The van der Waals surface area contributed by atoms with Crippen LogP contribution < -0.4 is 0 Å². The number of carbonyl (C=O) groups excluding carboxylic acids is 1. The molecular formula is C8H16O2S. The summed E-state index contributed by atoms with van der Waals surface area (Å²) in [6, 6.07) is 0. The van der Waals surface area contributed by atoms with Crippen LogP contribution in [-0.4, -0.2) is 23.6 Å². The van der Waals surface area contributed by atoms with Crippen molar-refractivity contribution in [1.82, 2.24) is 0 Å². The van der Waals surface area contributed by atoms with Gasteiger partial charge in [0.05, 0.1) is 12.4 Å². The molecule has 0 amide bonds. The van der Waals surface area contributed by atoms with Crippen LogP contribution in [0.1, 0.15) is 27.2 Å². The molecule has 0 aliphatic rings. The second kappa shape index (κ2) is 6.53. The van der Waals surface area contributed by atoms with E-state index in [4.69, 9.17) is 4.74 Å². The van der Waals surface area contributed by atoms with E-state index in [1.165, 1.54) is 0 Å². The molecule has 0 aromatic rings. The Balaban J connectivity index is 3.23. The van der Waals surface area contributed by atoms with Crippen molar-refractivity contribution in [3.8, 4) is 0 Å². The van der Waals surface area contributed by atoms with Crippen molar-refractivity contribution in [2.75, 3.05) is 12.4 Å². The fourth-order valence-electron chi connectivity index (χ4n) is 0.492. The highest BCUT2D eigenvalue weighted by atomic mass is 32.2. The lowest BCUT2D eigenvalue weighted by Crippen LogP contribution is -2.09. The van der Waals surface area contributed by atoms with Gasteiger partial charge in [-0.05, 0) is 11.7 Å². The lowest BCUT2D eigenvalue weighted by molar-refractivity contribution is -0.140. The first-order chi connectivity index (χ1) is 5.16. The van der Waals surface area contributed by atoms with E-state index in [1.807, 2.05) is 6.92 Å². The zero-order valence-corrected chi connectivity index (χ0v) is 8.24.